The summed E-state index contributed by atoms with van der Waals surface area (Å²) in [4.78, 5) is 22.4. The number of rotatable bonds is 9. The van der Waals surface area contributed by atoms with E-state index in [1.165, 1.54) is 7.11 Å². The van der Waals surface area contributed by atoms with Gasteiger partial charge in [0, 0.05) is 13.0 Å². The molecular formula is C16H23NO4. The highest BCUT2D eigenvalue weighted by atomic mass is 16.5. The number of methoxy groups -OCH3 is 1. The predicted octanol–water partition coefficient (Wildman–Crippen LogP) is 2.22. The Morgan fingerprint density at radius 2 is 1.81 bits per heavy atom. The van der Waals surface area contributed by atoms with Crippen molar-refractivity contribution in [2.45, 2.75) is 32.6 Å². The summed E-state index contributed by atoms with van der Waals surface area (Å²) in [5, 5.41) is 2.79. The number of aryl methyl sites for hydroxylation is 1. The maximum absolute atomic E-state index is 11.6. The molecule has 0 fully saturated rings. The molecule has 5 nitrogen and oxygen atoms in total. The zero-order chi connectivity index (χ0) is 15.5. The van der Waals surface area contributed by atoms with Crippen molar-refractivity contribution in [1.29, 1.82) is 0 Å². The lowest BCUT2D eigenvalue weighted by Crippen LogP contribution is -2.29. The summed E-state index contributed by atoms with van der Waals surface area (Å²) < 4.78 is 9.92. The maximum atomic E-state index is 11.6. The second kappa shape index (κ2) is 9.80. The predicted molar refractivity (Wildman–Crippen MR) is 80.2 cm³/mol. The van der Waals surface area contributed by atoms with Gasteiger partial charge in [-0.15, -0.1) is 0 Å². The molecule has 1 N–H and O–H groups in total. The van der Waals surface area contributed by atoms with E-state index in [9.17, 15) is 9.59 Å². The number of amides is 1. The zero-order valence-corrected chi connectivity index (χ0v) is 12.7. The highest BCUT2D eigenvalue weighted by Crippen LogP contribution is 2.10. The zero-order valence-electron chi connectivity index (χ0n) is 12.7. The largest absolute Gasteiger partial charge is 0.484 e. The van der Waals surface area contributed by atoms with Gasteiger partial charge in [-0.05, 0) is 31.9 Å². The highest BCUT2D eigenvalue weighted by molar-refractivity contribution is 5.77. The van der Waals surface area contributed by atoms with Crippen LogP contribution in [0.15, 0.2) is 24.3 Å². The molecule has 0 aliphatic rings. The van der Waals surface area contributed by atoms with Crippen molar-refractivity contribution in [2.75, 3.05) is 20.3 Å². The summed E-state index contributed by atoms with van der Waals surface area (Å²) in [5.74, 6) is 0.364. The van der Waals surface area contributed by atoms with Gasteiger partial charge in [-0.3, -0.25) is 9.59 Å². The molecule has 1 aromatic carbocycles. The molecule has 0 aromatic heterocycles. The molecule has 1 amide bonds. The molecule has 5 heteroatoms. The lowest BCUT2D eigenvalue weighted by molar-refractivity contribution is -0.140. The second-order valence-electron chi connectivity index (χ2n) is 4.84. The van der Waals surface area contributed by atoms with Gasteiger partial charge in [-0.2, -0.15) is 0 Å². The van der Waals surface area contributed by atoms with Crippen LogP contribution in [0, 0.1) is 6.92 Å². The molecule has 0 radical (unpaired) electrons. The number of benzene rings is 1. The summed E-state index contributed by atoms with van der Waals surface area (Å²) >= 11 is 0. The molecular weight excluding hydrogens is 270 g/mol. The number of hydrogen-bond acceptors (Lipinski definition) is 4. The van der Waals surface area contributed by atoms with Gasteiger partial charge in [-0.25, -0.2) is 0 Å². The van der Waals surface area contributed by atoms with Crippen LogP contribution in [-0.2, 0) is 14.3 Å². The second-order valence-corrected chi connectivity index (χ2v) is 4.84. The standard InChI is InChI=1S/C16H23NO4/c1-13-7-9-14(10-8-13)21-12-15(18)17-11-5-3-4-6-16(19)20-2/h7-10H,3-6,11-12H2,1-2H3,(H,17,18). The van der Waals surface area contributed by atoms with Gasteiger partial charge >= 0.3 is 5.97 Å². The average molecular weight is 293 g/mol. The van der Waals surface area contributed by atoms with Gasteiger partial charge in [-0.1, -0.05) is 24.1 Å². The first-order valence-electron chi connectivity index (χ1n) is 7.15. The molecule has 0 saturated carbocycles. The first kappa shape index (κ1) is 17.0. The fourth-order valence-corrected chi connectivity index (χ4v) is 1.74. The Morgan fingerprint density at radius 3 is 2.48 bits per heavy atom. The molecule has 1 rings (SSSR count). The summed E-state index contributed by atoms with van der Waals surface area (Å²) in [7, 11) is 1.39. The van der Waals surface area contributed by atoms with E-state index in [1.54, 1.807) is 0 Å². The fourth-order valence-electron chi connectivity index (χ4n) is 1.74. The smallest absolute Gasteiger partial charge is 0.305 e. The van der Waals surface area contributed by atoms with E-state index < -0.39 is 0 Å². The van der Waals surface area contributed by atoms with Gasteiger partial charge in [0.05, 0.1) is 7.11 Å². The van der Waals surface area contributed by atoms with Gasteiger partial charge in [0.1, 0.15) is 5.75 Å². The molecule has 0 bridgehead atoms. The molecule has 0 aliphatic carbocycles. The van der Waals surface area contributed by atoms with Crippen LogP contribution in [-0.4, -0.2) is 32.1 Å². The van der Waals surface area contributed by atoms with Crippen LogP contribution in [0.3, 0.4) is 0 Å². The third-order valence-electron chi connectivity index (χ3n) is 3.00. The first-order chi connectivity index (χ1) is 10.1. The Kier molecular flexibility index (Phi) is 7.94. The number of esters is 1. The van der Waals surface area contributed by atoms with Crippen LogP contribution in [0.4, 0.5) is 0 Å². The minimum absolute atomic E-state index is 0.0191. The van der Waals surface area contributed by atoms with Crippen LogP contribution < -0.4 is 10.1 Å². The lowest BCUT2D eigenvalue weighted by Gasteiger charge is -2.07. The van der Waals surface area contributed by atoms with Crippen molar-refractivity contribution in [3.05, 3.63) is 29.8 Å². The van der Waals surface area contributed by atoms with E-state index in [4.69, 9.17) is 4.74 Å². The van der Waals surface area contributed by atoms with Gasteiger partial charge in [0.15, 0.2) is 6.61 Å². The Hall–Kier alpha value is -2.04. The van der Waals surface area contributed by atoms with Gasteiger partial charge in [0.2, 0.25) is 0 Å². The quantitative estimate of drug-likeness (QED) is 0.560. The van der Waals surface area contributed by atoms with Crippen molar-refractivity contribution in [1.82, 2.24) is 5.32 Å². The van der Waals surface area contributed by atoms with Crippen LogP contribution in [0.25, 0.3) is 0 Å². The Morgan fingerprint density at radius 1 is 1.10 bits per heavy atom. The first-order valence-corrected chi connectivity index (χ1v) is 7.15. The molecule has 0 heterocycles. The van der Waals surface area contributed by atoms with E-state index in [1.807, 2.05) is 31.2 Å². The maximum Gasteiger partial charge on any atom is 0.305 e. The summed E-state index contributed by atoms with van der Waals surface area (Å²) in [6, 6.07) is 7.56. The minimum atomic E-state index is -0.189. The summed E-state index contributed by atoms with van der Waals surface area (Å²) in [6.45, 7) is 2.61. The third-order valence-corrected chi connectivity index (χ3v) is 3.00. The Labute approximate surface area is 125 Å². The Bertz CT molecular complexity index is 442. The van der Waals surface area contributed by atoms with Crippen LogP contribution >= 0.6 is 0 Å². The molecule has 116 valence electrons. The SMILES string of the molecule is COC(=O)CCCCCNC(=O)COc1ccc(C)cc1. The van der Waals surface area contributed by atoms with Crippen molar-refractivity contribution >= 4 is 11.9 Å². The number of nitrogens with one attached hydrogen (secondary N) is 1. The third kappa shape index (κ3) is 7.97. The van der Waals surface area contributed by atoms with Crippen LogP contribution in [0.1, 0.15) is 31.2 Å². The van der Waals surface area contributed by atoms with Crippen molar-refractivity contribution in [2.24, 2.45) is 0 Å². The van der Waals surface area contributed by atoms with Crippen LogP contribution in [0.5, 0.6) is 5.75 Å². The molecule has 0 unspecified atom stereocenters. The van der Waals surface area contributed by atoms with Gasteiger partial charge in [0.25, 0.3) is 5.91 Å². The Balaban J connectivity index is 2.04. The normalized spacial score (nSPS) is 10.0. The van der Waals surface area contributed by atoms with E-state index in [-0.39, 0.29) is 18.5 Å². The topological polar surface area (TPSA) is 64.6 Å². The molecule has 0 spiro atoms. The highest BCUT2D eigenvalue weighted by Gasteiger charge is 2.03. The number of unbranched alkanes of at least 4 members (excludes halogenated alkanes) is 2. The van der Waals surface area contributed by atoms with Crippen molar-refractivity contribution in [3.63, 3.8) is 0 Å². The summed E-state index contributed by atoms with van der Waals surface area (Å²) in [5.41, 5.74) is 1.15. The van der Waals surface area contributed by atoms with E-state index in [2.05, 4.69) is 10.1 Å². The monoisotopic (exact) mass is 293 g/mol. The van der Waals surface area contributed by atoms with Crippen molar-refractivity contribution < 1.29 is 19.1 Å². The van der Waals surface area contributed by atoms with Gasteiger partial charge < -0.3 is 14.8 Å². The molecule has 21 heavy (non-hydrogen) atoms. The van der Waals surface area contributed by atoms with Crippen LogP contribution in [0.2, 0.25) is 0 Å². The molecule has 0 saturated heterocycles. The van der Waals surface area contributed by atoms with Crippen molar-refractivity contribution in [3.8, 4) is 5.75 Å². The fraction of sp³-hybridized carbons (Fsp3) is 0.500. The van der Waals surface area contributed by atoms with E-state index in [0.717, 1.165) is 24.8 Å². The number of ether oxygens (including phenoxy) is 2. The number of carbonyl (C=O) groups excluding carboxylic acids is 2. The minimum Gasteiger partial charge on any atom is -0.484 e. The number of hydrogen-bond donors (Lipinski definition) is 1. The number of carbonyl (C=O) groups is 2. The molecule has 0 atom stereocenters. The molecule has 0 aliphatic heterocycles. The van der Waals surface area contributed by atoms with E-state index in [0.29, 0.717) is 18.7 Å². The molecule has 1 aromatic rings. The summed E-state index contributed by atoms with van der Waals surface area (Å²) in [6.07, 6.45) is 2.94. The average Bonchev–Trinajstić information content (AvgIpc) is 2.49. The lowest BCUT2D eigenvalue weighted by atomic mass is 10.2. The van der Waals surface area contributed by atoms with E-state index >= 15 is 0 Å².